The number of carbonyl (C=O) groups is 1. The molecule has 5 aliphatic rings. The molecule has 0 unspecified atom stereocenters. The van der Waals surface area contributed by atoms with Gasteiger partial charge in [-0.1, -0.05) is 0 Å². The van der Waals surface area contributed by atoms with Gasteiger partial charge in [0.25, 0.3) is 0 Å². The first-order chi connectivity index (χ1) is 17.5. The van der Waals surface area contributed by atoms with Crippen molar-refractivity contribution in [2.24, 2.45) is 23.2 Å². The standard InChI is InChI=1S/C30H37NO5/c1-33-23-4-6-24(7-5-23)36-18-26-25-14-28(35-3)27(34-2)13-22(25)8-9-31(26)29(32)30-15-19-10-20(16-30)12-21(11-19)17-30/h4-7,13-14,19-21,26H,8-12,15-18H2,1-3H3/t19?,20?,21?,26-,30?/m1/s1. The normalized spacial score (nSPS) is 30.0. The van der Waals surface area contributed by atoms with Gasteiger partial charge in [-0.05, 0) is 110 Å². The highest BCUT2D eigenvalue weighted by Gasteiger charge is 2.56. The van der Waals surface area contributed by atoms with Gasteiger partial charge in [0, 0.05) is 6.54 Å². The van der Waals surface area contributed by atoms with E-state index in [4.69, 9.17) is 18.9 Å². The van der Waals surface area contributed by atoms with Crippen molar-refractivity contribution in [2.75, 3.05) is 34.5 Å². The second-order valence-corrected chi connectivity index (χ2v) is 11.4. The topological polar surface area (TPSA) is 57.2 Å². The summed E-state index contributed by atoms with van der Waals surface area (Å²) in [5.41, 5.74) is 2.12. The molecule has 0 N–H and O–H groups in total. The molecule has 2 aromatic carbocycles. The Kier molecular flexibility index (Phi) is 6.01. The minimum absolute atomic E-state index is 0.170. The molecule has 7 rings (SSSR count). The molecule has 1 atom stereocenters. The summed E-state index contributed by atoms with van der Waals surface area (Å²) in [7, 11) is 4.99. The van der Waals surface area contributed by atoms with Crippen molar-refractivity contribution in [3.05, 3.63) is 47.5 Å². The van der Waals surface area contributed by atoms with E-state index in [1.165, 1.54) is 24.8 Å². The lowest BCUT2D eigenvalue weighted by Gasteiger charge is -2.57. The molecule has 4 aliphatic carbocycles. The van der Waals surface area contributed by atoms with Crippen LogP contribution in [0.3, 0.4) is 0 Å². The van der Waals surface area contributed by atoms with Crippen molar-refractivity contribution < 1.29 is 23.7 Å². The summed E-state index contributed by atoms with van der Waals surface area (Å²) < 4.78 is 22.8. The minimum atomic E-state index is -0.179. The second kappa shape index (κ2) is 9.20. The van der Waals surface area contributed by atoms with Crippen molar-refractivity contribution in [2.45, 2.75) is 51.0 Å². The Labute approximate surface area is 213 Å². The molecule has 0 aromatic heterocycles. The summed E-state index contributed by atoms with van der Waals surface area (Å²) in [5.74, 6) is 5.53. The third-order valence-electron chi connectivity index (χ3n) is 9.22. The number of hydrogen-bond donors (Lipinski definition) is 0. The third-order valence-corrected chi connectivity index (χ3v) is 9.22. The molecule has 1 heterocycles. The molecule has 0 saturated heterocycles. The first-order valence-corrected chi connectivity index (χ1v) is 13.3. The van der Waals surface area contributed by atoms with Crippen LogP contribution >= 0.6 is 0 Å². The maximum atomic E-state index is 14.4. The van der Waals surface area contributed by atoms with Gasteiger partial charge in [-0.25, -0.2) is 0 Å². The third kappa shape index (κ3) is 3.99. The molecule has 0 spiro atoms. The largest absolute Gasteiger partial charge is 0.497 e. The van der Waals surface area contributed by atoms with Crippen molar-refractivity contribution in [3.8, 4) is 23.0 Å². The Bertz CT molecular complexity index is 1090. The summed E-state index contributed by atoms with van der Waals surface area (Å²) in [6.45, 7) is 1.10. The van der Waals surface area contributed by atoms with Crippen molar-refractivity contribution in [1.29, 1.82) is 0 Å². The molecule has 1 aliphatic heterocycles. The summed E-state index contributed by atoms with van der Waals surface area (Å²) in [5, 5.41) is 0. The Hall–Kier alpha value is -2.89. The van der Waals surface area contributed by atoms with E-state index in [1.807, 2.05) is 24.3 Å². The zero-order valence-electron chi connectivity index (χ0n) is 21.6. The van der Waals surface area contributed by atoms with E-state index >= 15 is 0 Å². The number of hydrogen-bond acceptors (Lipinski definition) is 5. The molecule has 36 heavy (non-hydrogen) atoms. The van der Waals surface area contributed by atoms with Crippen LogP contribution in [0.15, 0.2) is 36.4 Å². The molecular weight excluding hydrogens is 454 g/mol. The number of methoxy groups -OCH3 is 3. The number of benzene rings is 2. The van der Waals surface area contributed by atoms with Crippen molar-refractivity contribution in [3.63, 3.8) is 0 Å². The van der Waals surface area contributed by atoms with Crippen LogP contribution in [0.25, 0.3) is 0 Å². The van der Waals surface area contributed by atoms with Gasteiger partial charge in [0.15, 0.2) is 11.5 Å². The Balaban J connectivity index is 1.33. The van der Waals surface area contributed by atoms with Crippen LogP contribution < -0.4 is 18.9 Å². The Morgan fingerprint density at radius 1 is 0.861 bits per heavy atom. The van der Waals surface area contributed by atoms with Crippen molar-refractivity contribution in [1.82, 2.24) is 4.90 Å². The zero-order valence-corrected chi connectivity index (χ0v) is 21.6. The lowest BCUT2D eigenvalue weighted by atomic mass is 9.49. The van der Waals surface area contributed by atoms with Gasteiger partial charge < -0.3 is 23.8 Å². The molecule has 192 valence electrons. The van der Waals surface area contributed by atoms with Crippen LogP contribution in [0.5, 0.6) is 23.0 Å². The fourth-order valence-electron chi connectivity index (χ4n) is 7.98. The average Bonchev–Trinajstić information content (AvgIpc) is 2.90. The van der Waals surface area contributed by atoms with Crippen LogP contribution in [-0.4, -0.2) is 45.3 Å². The molecular formula is C30H37NO5. The van der Waals surface area contributed by atoms with E-state index < -0.39 is 0 Å². The molecule has 1 amide bonds. The fourth-order valence-corrected chi connectivity index (χ4v) is 7.98. The van der Waals surface area contributed by atoms with Crippen LogP contribution in [0.2, 0.25) is 0 Å². The highest BCUT2D eigenvalue weighted by Crippen LogP contribution is 2.61. The predicted octanol–water partition coefficient (Wildman–Crippen LogP) is 5.43. The van der Waals surface area contributed by atoms with Gasteiger partial charge in [-0.15, -0.1) is 0 Å². The smallest absolute Gasteiger partial charge is 0.229 e. The highest BCUT2D eigenvalue weighted by molar-refractivity contribution is 5.84. The Morgan fingerprint density at radius 2 is 1.44 bits per heavy atom. The second-order valence-electron chi connectivity index (χ2n) is 11.4. The summed E-state index contributed by atoms with van der Waals surface area (Å²) in [6, 6.07) is 11.6. The first kappa shape index (κ1) is 23.5. The average molecular weight is 492 g/mol. The number of rotatable bonds is 7. The zero-order chi connectivity index (χ0) is 24.9. The first-order valence-electron chi connectivity index (χ1n) is 13.3. The van der Waals surface area contributed by atoms with E-state index in [1.54, 1.807) is 21.3 Å². The fraction of sp³-hybridized carbons (Fsp3) is 0.567. The number of nitrogens with zero attached hydrogens (tertiary/aromatic N) is 1. The van der Waals surface area contributed by atoms with Crippen LogP contribution in [-0.2, 0) is 11.2 Å². The van der Waals surface area contributed by atoms with E-state index in [2.05, 4.69) is 17.0 Å². The highest BCUT2D eigenvalue weighted by atomic mass is 16.5. The van der Waals surface area contributed by atoms with Crippen molar-refractivity contribution >= 4 is 5.91 Å². The van der Waals surface area contributed by atoms with E-state index in [0.717, 1.165) is 66.2 Å². The maximum absolute atomic E-state index is 14.4. The molecule has 6 heteroatoms. The number of ether oxygens (including phenoxy) is 4. The van der Waals surface area contributed by atoms with Gasteiger partial charge >= 0.3 is 0 Å². The lowest BCUT2D eigenvalue weighted by molar-refractivity contribution is -0.161. The van der Waals surface area contributed by atoms with Gasteiger partial charge in [-0.3, -0.25) is 4.79 Å². The monoisotopic (exact) mass is 491 g/mol. The number of fused-ring (bicyclic) bond motifs is 1. The minimum Gasteiger partial charge on any atom is -0.497 e. The molecule has 4 saturated carbocycles. The van der Waals surface area contributed by atoms with Gasteiger partial charge in [0.05, 0.1) is 32.8 Å². The maximum Gasteiger partial charge on any atom is 0.229 e. The van der Waals surface area contributed by atoms with Crippen LogP contribution in [0.4, 0.5) is 0 Å². The van der Waals surface area contributed by atoms with E-state index in [-0.39, 0.29) is 11.5 Å². The van der Waals surface area contributed by atoms with Crippen LogP contribution in [0, 0.1) is 23.2 Å². The molecule has 2 aromatic rings. The molecule has 4 fully saturated rings. The SMILES string of the molecule is COc1ccc(OC[C@@H]2c3cc(OC)c(OC)cc3CCN2C(=O)C23CC4CC(CC(C4)C2)C3)cc1. The Morgan fingerprint density at radius 3 is 2.03 bits per heavy atom. The van der Waals surface area contributed by atoms with Gasteiger partial charge in [0.2, 0.25) is 5.91 Å². The quantitative estimate of drug-likeness (QED) is 0.517. The summed E-state index contributed by atoms with van der Waals surface area (Å²) in [4.78, 5) is 16.6. The number of carbonyl (C=O) groups excluding carboxylic acids is 1. The molecule has 0 radical (unpaired) electrons. The molecule has 6 nitrogen and oxygen atoms in total. The predicted molar refractivity (Wildman–Crippen MR) is 137 cm³/mol. The lowest BCUT2D eigenvalue weighted by Crippen LogP contribution is -2.56. The van der Waals surface area contributed by atoms with Gasteiger partial charge in [-0.2, -0.15) is 0 Å². The summed E-state index contributed by atoms with van der Waals surface area (Å²) in [6.07, 6.45) is 8.01. The molecule has 4 bridgehead atoms. The van der Waals surface area contributed by atoms with E-state index in [0.29, 0.717) is 24.8 Å². The number of amides is 1. The van der Waals surface area contributed by atoms with Crippen LogP contribution in [0.1, 0.15) is 55.7 Å². The summed E-state index contributed by atoms with van der Waals surface area (Å²) >= 11 is 0. The van der Waals surface area contributed by atoms with E-state index in [9.17, 15) is 4.79 Å². The van der Waals surface area contributed by atoms with Gasteiger partial charge in [0.1, 0.15) is 18.1 Å².